The lowest BCUT2D eigenvalue weighted by atomic mass is 10.2. The summed E-state index contributed by atoms with van der Waals surface area (Å²) in [5, 5.41) is 2.92. The normalized spacial score (nSPS) is 16.9. The maximum absolute atomic E-state index is 12.6. The number of ether oxygens (including phenoxy) is 1. The number of hydrogen-bond acceptors (Lipinski definition) is 5. The van der Waals surface area contributed by atoms with Crippen molar-refractivity contribution in [2.75, 3.05) is 50.4 Å². The summed E-state index contributed by atoms with van der Waals surface area (Å²) >= 11 is 0. The van der Waals surface area contributed by atoms with Gasteiger partial charge in [0.05, 0.1) is 24.5 Å². The Morgan fingerprint density at radius 2 is 2.05 bits per heavy atom. The predicted octanol–water partition coefficient (Wildman–Crippen LogP) is 1.82. The number of nitrogens with one attached hydrogen (secondary N) is 1. The standard InChI is InChI=1S/C13H19F3N4O/c14-13(15,16)10-8-11(12(17)19-9-10)18-2-1-3-20-4-6-21-7-5-20/h8-9,18H,1-7H2,(H2,17,19). The predicted molar refractivity (Wildman–Crippen MR) is 74.0 cm³/mol. The van der Waals surface area contributed by atoms with Crippen LogP contribution in [0, 0.1) is 0 Å². The SMILES string of the molecule is Nc1ncc(C(F)(F)F)cc1NCCCN1CCOCC1. The zero-order chi connectivity index (χ0) is 15.3. The van der Waals surface area contributed by atoms with Gasteiger partial charge in [-0.3, -0.25) is 4.90 Å². The van der Waals surface area contributed by atoms with Crippen molar-refractivity contribution < 1.29 is 17.9 Å². The Morgan fingerprint density at radius 1 is 1.33 bits per heavy atom. The first-order valence-corrected chi connectivity index (χ1v) is 6.83. The van der Waals surface area contributed by atoms with E-state index in [1.165, 1.54) is 0 Å². The van der Waals surface area contributed by atoms with Crippen LogP contribution in [-0.2, 0) is 10.9 Å². The molecule has 0 bridgehead atoms. The fourth-order valence-corrected chi connectivity index (χ4v) is 2.12. The highest BCUT2D eigenvalue weighted by Gasteiger charge is 2.31. The molecule has 0 aliphatic carbocycles. The lowest BCUT2D eigenvalue weighted by Gasteiger charge is -2.26. The van der Waals surface area contributed by atoms with E-state index in [4.69, 9.17) is 10.5 Å². The van der Waals surface area contributed by atoms with Gasteiger partial charge in [0.25, 0.3) is 0 Å². The molecule has 1 fully saturated rings. The molecule has 0 aromatic carbocycles. The number of pyridine rings is 1. The van der Waals surface area contributed by atoms with Crippen LogP contribution in [0.4, 0.5) is 24.7 Å². The van der Waals surface area contributed by atoms with E-state index in [1.54, 1.807) is 0 Å². The molecule has 0 amide bonds. The second kappa shape index (κ2) is 6.95. The van der Waals surface area contributed by atoms with E-state index in [1.807, 2.05) is 0 Å². The van der Waals surface area contributed by atoms with Crippen molar-refractivity contribution in [1.29, 1.82) is 0 Å². The molecule has 1 aromatic rings. The average Bonchev–Trinajstić information content (AvgIpc) is 2.45. The minimum atomic E-state index is -4.41. The number of aromatic nitrogens is 1. The summed E-state index contributed by atoms with van der Waals surface area (Å²) in [6, 6.07) is 0.997. The largest absolute Gasteiger partial charge is 0.417 e. The van der Waals surface area contributed by atoms with Gasteiger partial charge in [0, 0.05) is 25.8 Å². The highest BCUT2D eigenvalue weighted by atomic mass is 19.4. The first-order valence-electron chi connectivity index (χ1n) is 6.83. The minimum absolute atomic E-state index is 0.0781. The van der Waals surface area contributed by atoms with E-state index in [0.717, 1.165) is 51.5 Å². The molecule has 2 heterocycles. The summed E-state index contributed by atoms with van der Waals surface area (Å²) in [5.41, 5.74) is 5.02. The summed E-state index contributed by atoms with van der Waals surface area (Å²) in [6.45, 7) is 4.68. The van der Waals surface area contributed by atoms with Crippen molar-refractivity contribution in [3.8, 4) is 0 Å². The van der Waals surface area contributed by atoms with Gasteiger partial charge in [0.1, 0.15) is 5.82 Å². The number of hydrogen-bond donors (Lipinski definition) is 2. The highest BCUT2D eigenvalue weighted by Crippen LogP contribution is 2.31. The fourth-order valence-electron chi connectivity index (χ4n) is 2.12. The molecule has 0 radical (unpaired) electrons. The van der Waals surface area contributed by atoms with Gasteiger partial charge in [-0.15, -0.1) is 0 Å². The number of nitrogens with zero attached hydrogens (tertiary/aromatic N) is 2. The molecular weight excluding hydrogens is 285 g/mol. The molecule has 0 atom stereocenters. The quantitative estimate of drug-likeness (QED) is 0.812. The van der Waals surface area contributed by atoms with Crippen LogP contribution >= 0.6 is 0 Å². The number of halogens is 3. The molecule has 2 rings (SSSR count). The van der Waals surface area contributed by atoms with E-state index in [9.17, 15) is 13.2 Å². The van der Waals surface area contributed by atoms with E-state index in [2.05, 4.69) is 15.2 Å². The Labute approximate surface area is 121 Å². The van der Waals surface area contributed by atoms with Gasteiger partial charge in [-0.05, 0) is 19.0 Å². The molecule has 1 saturated heterocycles. The third-order valence-electron chi connectivity index (χ3n) is 3.32. The van der Waals surface area contributed by atoms with Gasteiger partial charge < -0.3 is 15.8 Å². The van der Waals surface area contributed by atoms with Crippen molar-refractivity contribution in [2.45, 2.75) is 12.6 Å². The summed E-state index contributed by atoms with van der Waals surface area (Å²) in [6.07, 6.45) is -2.85. The van der Waals surface area contributed by atoms with Crippen LogP contribution in [0.5, 0.6) is 0 Å². The lowest BCUT2D eigenvalue weighted by molar-refractivity contribution is -0.137. The third-order valence-corrected chi connectivity index (χ3v) is 3.32. The molecule has 0 unspecified atom stereocenters. The Kier molecular flexibility index (Phi) is 5.24. The fraction of sp³-hybridized carbons (Fsp3) is 0.615. The van der Waals surface area contributed by atoms with E-state index in [0.29, 0.717) is 6.54 Å². The van der Waals surface area contributed by atoms with Crippen molar-refractivity contribution in [3.63, 3.8) is 0 Å². The Bertz CT molecular complexity index is 461. The van der Waals surface area contributed by atoms with Gasteiger partial charge in [0.2, 0.25) is 0 Å². The highest BCUT2D eigenvalue weighted by molar-refractivity contribution is 5.62. The third kappa shape index (κ3) is 4.75. The van der Waals surface area contributed by atoms with Crippen LogP contribution in [-0.4, -0.2) is 49.3 Å². The molecular formula is C13H19F3N4O. The van der Waals surface area contributed by atoms with Gasteiger partial charge >= 0.3 is 6.18 Å². The number of nitrogens with two attached hydrogens (primary N) is 1. The molecule has 1 aromatic heterocycles. The molecule has 3 N–H and O–H groups in total. The maximum atomic E-state index is 12.6. The number of alkyl halides is 3. The van der Waals surface area contributed by atoms with E-state index < -0.39 is 11.7 Å². The molecule has 0 saturated carbocycles. The monoisotopic (exact) mass is 304 g/mol. The second-order valence-electron chi connectivity index (χ2n) is 4.89. The zero-order valence-corrected chi connectivity index (χ0v) is 11.6. The molecule has 8 heteroatoms. The number of nitrogen functional groups attached to an aromatic ring is 1. The van der Waals surface area contributed by atoms with Crippen LogP contribution in [0.3, 0.4) is 0 Å². The summed E-state index contributed by atoms with van der Waals surface area (Å²) in [4.78, 5) is 5.85. The van der Waals surface area contributed by atoms with Crippen LogP contribution < -0.4 is 11.1 Å². The van der Waals surface area contributed by atoms with Crippen molar-refractivity contribution >= 4 is 11.5 Å². The minimum Gasteiger partial charge on any atom is -0.382 e. The second-order valence-corrected chi connectivity index (χ2v) is 4.89. The van der Waals surface area contributed by atoms with Crippen LogP contribution in [0.25, 0.3) is 0 Å². The summed E-state index contributed by atoms with van der Waals surface area (Å²) in [7, 11) is 0. The molecule has 0 spiro atoms. The summed E-state index contributed by atoms with van der Waals surface area (Å²) in [5.74, 6) is 0.0781. The average molecular weight is 304 g/mol. The first kappa shape index (κ1) is 15.8. The van der Waals surface area contributed by atoms with Crippen molar-refractivity contribution in [2.24, 2.45) is 0 Å². The number of rotatable bonds is 5. The van der Waals surface area contributed by atoms with Gasteiger partial charge in [0.15, 0.2) is 0 Å². The molecule has 1 aliphatic heterocycles. The Morgan fingerprint density at radius 3 is 2.71 bits per heavy atom. The topological polar surface area (TPSA) is 63.4 Å². The van der Waals surface area contributed by atoms with E-state index >= 15 is 0 Å². The van der Waals surface area contributed by atoms with Gasteiger partial charge in [-0.25, -0.2) is 4.98 Å². The van der Waals surface area contributed by atoms with Crippen molar-refractivity contribution in [3.05, 3.63) is 17.8 Å². The van der Waals surface area contributed by atoms with Crippen LogP contribution in [0.1, 0.15) is 12.0 Å². The van der Waals surface area contributed by atoms with Crippen molar-refractivity contribution in [1.82, 2.24) is 9.88 Å². The molecule has 118 valence electrons. The first-order chi connectivity index (χ1) is 9.97. The van der Waals surface area contributed by atoms with E-state index in [-0.39, 0.29) is 11.5 Å². The summed E-state index contributed by atoms with van der Waals surface area (Å²) < 4.78 is 43.1. The van der Waals surface area contributed by atoms with Crippen LogP contribution in [0.2, 0.25) is 0 Å². The molecule has 5 nitrogen and oxygen atoms in total. The number of anilines is 2. The molecule has 1 aliphatic rings. The van der Waals surface area contributed by atoms with Gasteiger partial charge in [-0.1, -0.05) is 0 Å². The van der Waals surface area contributed by atoms with Gasteiger partial charge in [-0.2, -0.15) is 13.2 Å². The maximum Gasteiger partial charge on any atom is 0.417 e. The number of morpholine rings is 1. The smallest absolute Gasteiger partial charge is 0.382 e. The zero-order valence-electron chi connectivity index (χ0n) is 11.6. The van der Waals surface area contributed by atoms with Crippen LogP contribution in [0.15, 0.2) is 12.3 Å². The lowest BCUT2D eigenvalue weighted by Crippen LogP contribution is -2.37. The Hall–Kier alpha value is -1.54. The Balaban J connectivity index is 1.82. The molecule has 21 heavy (non-hydrogen) atoms.